The van der Waals surface area contributed by atoms with Gasteiger partial charge in [-0.25, -0.2) is 4.79 Å². The van der Waals surface area contributed by atoms with Gasteiger partial charge in [0.2, 0.25) is 0 Å². The molecule has 1 aliphatic heterocycles. The fourth-order valence-corrected chi connectivity index (χ4v) is 3.60. The van der Waals surface area contributed by atoms with Crippen LogP contribution in [0.5, 0.6) is 0 Å². The number of aliphatic carboxylic acids is 2. The van der Waals surface area contributed by atoms with Crippen molar-refractivity contribution in [2.24, 2.45) is 28.2 Å². The quantitative estimate of drug-likeness (QED) is 0.812. The molecule has 0 saturated heterocycles. The minimum atomic E-state index is -1.06. The van der Waals surface area contributed by atoms with Gasteiger partial charge in [-0.2, -0.15) is 0 Å². The Labute approximate surface area is 132 Å². The van der Waals surface area contributed by atoms with Gasteiger partial charge in [0.05, 0.1) is 5.57 Å². The van der Waals surface area contributed by atoms with Crippen LogP contribution in [0.25, 0.3) is 0 Å². The maximum atomic E-state index is 11.6. The number of rotatable bonds is 5. The van der Waals surface area contributed by atoms with Gasteiger partial charge in [-0.3, -0.25) is 9.79 Å². The van der Waals surface area contributed by atoms with E-state index in [0.717, 1.165) is 6.42 Å². The summed E-state index contributed by atoms with van der Waals surface area (Å²) in [6, 6.07) is 0. The van der Waals surface area contributed by atoms with Gasteiger partial charge >= 0.3 is 11.9 Å². The summed E-state index contributed by atoms with van der Waals surface area (Å²) in [5.74, 6) is -3.20. The summed E-state index contributed by atoms with van der Waals surface area (Å²) in [5, 5.41) is 19.0. The van der Waals surface area contributed by atoms with Crippen LogP contribution in [0.3, 0.4) is 0 Å². The van der Waals surface area contributed by atoms with Crippen molar-refractivity contribution in [3.05, 3.63) is 11.3 Å². The first-order chi connectivity index (χ1) is 9.94. The van der Waals surface area contributed by atoms with Gasteiger partial charge < -0.3 is 10.2 Å². The van der Waals surface area contributed by atoms with Gasteiger partial charge in [0.25, 0.3) is 0 Å². The molecule has 5 nitrogen and oxygen atoms in total. The highest BCUT2D eigenvalue weighted by atomic mass is 16.4. The maximum Gasteiger partial charge on any atom is 0.333 e. The van der Waals surface area contributed by atoms with E-state index >= 15 is 0 Å². The number of allylic oxidation sites excluding steroid dienone is 1. The Morgan fingerprint density at radius 3 is 2.18 bits per heavy atom. The molecular formula is C17H27NO4. The van der Waals surface area contributed by atoms with Gasteiger partial charge in [-0.15, -0.1) is 0 Å². The summed E-state index contributed by atoms with van der Waals surface area (Å²) in [7, 11) is 0. The highest BCUT2D eigenvalue weighted by molar-refractivity contribution is 6.04. The summed E-state index contributed by atoms with van der Waals surface area (Å²) in [4.78, 5) is 27.4. The second-order valence-electron chi connectivity index (χ2n) is 7.59. The molecule has 22 heavy (non-hydrogen) atoms. The van der Waals surface area contributed by atoms with E-state index in [1.807, 2.05) is 0 Å². The lowest BCUT2D eigenvalue weighted by Crippen LogP contribution is -2.37. The van der Waals surface area contributed by atoms with Crippen molar-refractivity contribution >= 4 is 17.7 Å². The van der Waals surface area contributed by atoms with E-state index in [9.17, 15) is 19.8 Å². The van der Waals surface area contributed by atoms with Gasteiger partial charge in [0.15, 0.2) is 0 Å². The third kappa shape index (κ3) is 4.42. The predicted octanol–water partition coefficient (Wildman–Crippen LogP) is 3.60. The van der Waals surface area contributed by atoms with Crippen molar-refractivity contribution in [3.63, 3.8) is 0 Å². The Balaban J connectivity index is 3.16. The molecule has 2 N–H and O–H groups in total. The highest BCUT2D eigenvalue weighted by Crippen LogP contribution is 2.38. The lowest BCUT2D eigenvalue weighted by Gasteiger charge is -2.32. The molecule has 0 aromatic rings. The van der Waals surface area contributed by atoms with E-state index in [1.165, 1.54) is 0 Å². The molecule has 124 valence electrons. The van der Waals surface area contributed by atoms with Crippen molar-refractivity contribution in [1.29, 1.82) is 0 Å². The van der Waals surface area contributed by atoms with Crippen LogP contribution >= 0.6 is 0 Å². The molecule has 0 radical (unpaired) electrons. The molecule has 0 fully saturated rings. The largest absolute Gasteiger partial charge is 0.481 e. The van der Waals surface area contributed by atoms with Gasteiger partial charge in [0.1, 0.15) is 5.92 Å². The van der Waals surface area contributed by atoms with E-state index in [2.05, 4.69) is 32.7 Å². The Kier molecular flexibility index (Phi) is 5.54. The minimum Gasteiger partial charge on any atom is -0.481 e. The molecule has 0 spiro atoms. The average Bonchev–Trinajstić information content (AvgIpc) is 2.23. The first kappa shape index (κ1) is 18.4. The number of aliphatic imine (C=N–C) groups is 1. The topological polar surface area (TPSA) is 87.0 Å². The Hall–Kier alpha value is -1.65. The smallest absolute Gasteiger partial charge is 0.333 e. The van der Waals surface area contributed by atoms with Crippen LogP contribution in [0, 0.1) is 23.2 Å². The molecule has 1 heterocycles. The molecule has 0 amide bonds. The van der Waals surface area contributed by atoms with Crippen molar-refractivity contribution in [1.82, 2.24) is 0 Å². The molecule has 1 rings (SSSR count). The second-order valence-corrected chi connectivity index (χ2v) is 7.59. The fourth-order valence-electron chi connectivity index (χ4n) is 3.60. The SMILES string of the molecule is CC1=NC(C)=C(C(=O)O)C(CC(C)CC(C)(C)C)C1C(=O)O. The zero-order valence-electron chi connectivity index (χ0n) is 14.3. The zero-order valence-corrected chi connectivity index (χ0v) is 14.3. The molecule has 1 aliphatic rings. The number of hydrogen-bond acceptors (Lipinski definition) is 3. The first-order valence-corrected chi connectivity index (χ1v) is 7.66. The maximum absolute atomic E-state index is 11.6. The summed E-state index contributed by atoms with van der Waals surface area (Å²) < 4.78 is 0. The van der Waals surface area contributed by atoms with Crippen LogP contribution in [0.2, 0.25) is 0 Å². The Morgan fingerprint density at radius 1 is 1.23 bits per heavy atom. The highest BCUT2D eigenvalue weighted by Gasteiger charge is 2.40. The van der Waals surface area contributed by atoms with Crippen molar-refractivity contribution in [2.45, 2.75) is 54.4 Å². The van der Waals surface area contributed by atoms with Crippen LogP contribution in [0.4, 0.5) is 0 Å². The third-order valence-corrected chi connectivity index (χ3v) is 4.07. The van der Waals surface area contributed by atoms with Crippen molar-refractivity contribution in [3.8, 4) is 0 Å². The lowest BCUT2D eigenvalue weighted by atomic mass is 9.73. The average molecular weight is 309 g/mol. The van der Waals surface area contributed by atoms with Gasteiger partial charge in [-0.1, -0.05) is 27.7 Å². The third-order valence-electron chi connectivity index (χ3n) is 4.07. The molecule has 0 aromatic heterocycles. The molecule has 0 bridgehead atoms. The monoisotopic (exact) mass is 309 g/mol. The molecule has 3 atom stereocenters. The van der Waals surface area contributed by atoms with E-state index in [0.29, 0.717) is 17.8 Å². The molecule has 0 aliphatic carbocycles. The van der Waals surface area contributed by atoms with Crippen molar-refractivity contribution in [2.75, 3.05) is 0 Å². The number of nitrogens with zero attached hydrogens (tertiary/aromatic N) is 1. The standard InChI is InChI=1S/C17H27NO4/c1-9(8-17(4,5)6)7-12-13(15(19)20)10(2)18-11(3)14(12)16(21)22/h9,12-13H,7-8H2,1-6H3,(H,19,20)(H,21,22). The van der Waals surface area contributed by atoms with E-state index in [4.69, 9.17) is 0 Å². The Bertz CT molecular complexity index is 525. The molecule has 3 unspecified atom stereocenters. The van der Waals surface area contributed by atoms with E-state index in [-0.39, 0.29) is 16.9 Å². The van der Waals surface area contributed by atoms with Crippen LogP contribution in [0.15, 0.2) is 16.3 Å². The molecule has 0 aromatic carbocycles. The minimum absolute atomic E-state index is 0.123. The number of carboxylic acids is 2. The molecule has 0 saturated carbocycles. The lowest BCUT2D eigenvalue weighted by molar-refractivity contribution is -0.141. The van der Waals surface area contributed by atoms with Crippen LogP contribution in [-0.2, 0) is 9.59 Å². The predicted molar refractivity (Wildman–Crippen MR) is 85.9 cm³/mol. The van der Waals surface area contributed by atoms with Gasteiger partial charge in [0, 0.05) is 17.3 Å². The van der Waals surface area contributed by atoms with Gasteiger partial charge in [-0.05, 0) is 38.0 Å². The van der Waals surface area contributed by atoms with Crippen LogP contribution < -0.4 is 0 Å². The number of carbonyl (C=O) groups is 2. The summed E-state index contributed by atoms with van der Waals surface area (Å²) >= 11 is 0. The van der Waals surface area contributed by atoms with E-state index in [1.54, 1.807) is 13.8 Å². The van der Waals surface area contributed by atoms with Crippen LogP contribution in [-0.4, -0.2) is 27.9 Å². The molecule has 5 heteroatoms. The van der Waals surface area contributed by atoms with E-state index < -0.39 is 23.8 Å². The summed E-state index contributed by atoms with van der Waals surface area (Å²) in [6.07, 6.45) is 1.46. The summed E-state index contributed by atoms with van der Waals surface area (Å²) in [5.41, 5.74) is 1.19. The second kappa shape index (κ2) is 6.63. The number of hydrogen-bond donors (Lipinski definition) is 2. The summed E-state index contributed by atoms with van der Waals surface area (Å²) in [6.45, 7) is 11.8. The zero-order chi connectivity index (χ0) is 17.2. The van der Waals surface area contributed by atoms with Crippen LogP contribution in [0.1, 0.15) is 54.4 Å². The van der Waals surface area contributed by atoms with Crippen molar-refractivity contribution < 1.29 is 19.8 Å². The first-order valence-electron chi connectivity index (χ1n) is 7.66. The molecular weight excluding hydrogens is 282 g/mol. The fraction of sp³-hybridized carbons (Fsp3) is 0.706. The number of carboxylic acid groups (broad SMARTS) is 2. The normalized spacial score (nSPS) is 24.0. The Morgan fingerprint density at radius 2 is 1.77 bits per heavy atom.